The van der Waals surface area contributed by atoms with Gasteiger partial charge in [0.15, 0.2) is 0 Å². The summed E-state index contributed by atoms with van der Waals surface area (Å²) in [5.74, 6) is 0. The molecule has 3 atom stereocenters. The molecule has 19 heavy (non-hydrogen) atoms. The van der Waals surface area contributed by atoms with Gasteiger partial charge in [-0.3, -0.25) is 4.90 Å². The van der Waals surface area contributed by atoms with E-state index in [1.165, 1.54) is 16.1 Å². The van der Waals surface area contributed by atoms with Crippen LogP contribution in [-0.2, 0) is 15.4 Å². The van der Waals surface area contributed by atoms with Gasteiger partial charge in [0, 0.05) is 31.6 Å². The number of likely N-dealkylation sites (N-methyl/N-ethyl adjacent to an activating group) is 1. The van der Waals surface area contributed by atoms with E-state index in [4.69, 9.17) is 0 Å². The molecule has 0 bridgehead atoms. The maximum Gasteiger partial charge on any atom is 0.210 e. The number of sulfonamides is 1. The van der Waals surface area contributed by atoms with Gasteiger partial charge in [-0.2, -0.15) is 0 Å². The Labute approximate surface area is 115 Å². The number of benzene rings is 1. The van der Waals surface area contributed by atoms with E-state index in [0.717, 1.165) is 19.5 Å². The Hall–Kier alpha value is -0.910. The van der Waals surface area contributed by atoms with Gasteiger partial charge in [0.05, 0.1) is 6.26 Å². The maximum absolute atomic E-state index is 11.7. The van der Waals surface area contributed by atoms with E-state index in [0.29, 0.717) is 12.6 Å². The first-order valence-corrected chi connectivity index (χ1v) is 8.49. The Balaban J connectivity index is 1.95. The summed E-state index contributed by atoms with van der Waals surface area (Å²) in [5.41, 5.74) is 1.24. The summed E-state index contributed by atoms with van der Waals surface area (Å²) in [4.78, 5) is 2.43. The number of fused-ring (bicyclic) bond motifs is 1. The van der Waals surface area contributed by atoms with E-state index < -0.39 is 10.0 Å². The monoisotopic (exact) mass is 280 g/mol. The molecular formula is C14H20N2O2S. The summed E-state index contributed by atoms with van der Waals surface area (Å²) in [6, 6.07) is 10.9. The first kappa shape index (κ1) is 13.1. The highest BCUT2D eigenvalue weighted by atomic mass is 32.2. The van der Waals surface area contributed by atoms with Crippen LogP contribution in [0.5, 0.6) is 0 Å². The van der Waals surface area contributed by atoms with Crippen molar-refractivity contribution in [2.45, 2.75) is 17.9 Å². The Morgan fingerprint density at radius 3 is 2.53 bits per heavy atom. The number of piperidine rings is 1. The Kier molecular flexibility index (Phi) is 2.96. The van der Waals surface area contributed by atoms with Crippen LogP contribution in [0.4, 0.5) is 0 Å². The highest BCUT2D eigenvalue weighted by Crippen LogP contribution is 2.48. The number of hydrogen-bond donors (Lipinski definition) is 0. The summed E-state index contributed by atoms with van der Waals surface area (Å²) in [7, 11) is -1.44. The molecule has 0 aliphatic carbocycles. The summed E-state index contributed by atoms with van der Waals surface area (Å²) < 4.78 is 25.0. The lowest BCUT2D eigenvalue weighted by atomic mass is 9.76. The highest BCUT2D eigenvalue weighted by molar-refractivity contribution is 7.88. The fourth-order valence-corrected chi connectivity index (χ4v) is 3.82. The smallest absolute Gasteiger partial charge is 0.210 e. The highest BCUT2D eigenvalue weighted by Gasteiger charge is 2.57. The van der Waals surface area contributed by atoms with E-state index in [9.17, 15) is 8.42 Å². The average molecular weight is 280 g/mol. The van der Waals surface area contributed by atoms with Crippen molar-refractivity contribution >= 4 is 10.0 Å². The SMILES string of the molecule is CN(CC1(c2ccccc2)CCN2CC21)S(C)(=O)=O. The molecule has 2 aliphatic rings. The molecule has 3 rings (SSSR count). The normalized spacial score (nSPS) is 33.4. The van der Waals surface area contributed by atoms with Crippen LogP contribution in [0, 0.1) is 0 Å². The van der Waals surface area contributed by atoms with E-state index in [2.05, 4.69) is 17.0 Å². The Morgan fingerprint density at radius 1 is 1.37 bits per heavy atom. The van der Waals surface area contributed by atoms with Crippen molar-refractivity contribution in [2.24, 2.45) is 0 Å². The van der Waals surface area contributed by atoms with Crippen LogP contribution in [0.2, 0.25) is 0 Å². The second kappa shape index (κ2) is 4.30. The van der Waals surface area contributed by atoms with Gasteiger partial charge >= 0.3 is 0 Å². The van der Waals surface area contributed by atoms with Gasteiger partial charge in [-0.25, -0.2) is 12.7 Å². The summed E-state index contributed by atoms with van der Waals surface area (Å²) in [6.07, 6.45) is 2.33. The quantitative estimate of drug-likeness (QED) is 0.770. The molecule has 2 saturated heterocycles. The van der Waals surface area contributed by atoms with Crippen LogP contribution >= 0.6 is 0 Å². The van der Waals surface area contributed by atoms with E-state index in [1.54, 1.807) is 7.05 Å². The zero-order valence-corrected chi connectivity index (χ0v) is 12.2. The number of rotatable bonds is 4. The van der Waals surface area contributed by atoms with Gasteiger partial charge in [-0.05, 0) is 18.5 Å². The molecule has 5 heteroatoms. The van der Waals surface area contributed by atoms with Gasteiger partial charge in [0.25, 0.3) is 0 Å². The van der Waals surface area contributed by atoms with Crippen molar-refractivity contribution in [1.29, 1.82) is 0 Å². The minimum Gasteiger partial charge on any atom is -0.297 e. The minimum atomic E-state index is -3.13. The molecule has 0 N–H and O–H groups in total. The lowest BCUT2D eigenvalue weighted by molar-refractivity contribution is 0.334. The van der Waals surface area contributed by atoms with Crippen molar-refractivity contribution in [3.63, 3.8) is 0 Å². The first-order valence-electron chi connectivity index (χ1n) is 6.64. The van der Waals surface area contributed by atoms with Crippen LogP contribution in [0.25, 0.3) is 0 Å². The summed E-state index contributed by atoms with van der Waals surface area (Å²) >= 11 is 0. The zero-order valence-electron chi connectivity index (χ0n) is 11.4. The third-order valence-corrected chi connectivity index (χ3v) is 5.88. The molecule has 0 radical (unpaired) electrons. The van der Waals surface area contributed by atoms with Crippen molar-refractivity contribution in [2.75, 3.05) is 32.9 Å². The molecule has 0 saturated carbocycles. The third-order valence-electron chi connectivity index (χ3n) is 4.62. The van der Waals surface area contributed by atoms with Crippen LogP contribution in [0.1, 0.15) is 12.0 Å². The molecule has 0 spiro atoms. The largest absolute Gasteiger partial charge is 0.297 e. The number of nitrogens with zero attached hydrogens (tertiary/aromatic N) is 2. The van der Waals surface area contributed by atoms with Crippen molar-refractivity contribution in [3.05, 3.63) is 35.9 Å². The van der Waals surface area contributed by atoms with Gasteiger partial charge in [-0.1, -0.05) is 30.3 Å². The van der Waals surface area contributed by atoms with Crippen molar-refractivity contribution in [3.8, 4) is 0 Å². The topological polar surface area (TPSA) is 40.4 Å². The standard InChI is InChI=1S/C14H20N2O2S/c1-15(19(2,17)18)11-14(8-9-16-10-13(14)16)12-6-4-3-5-7-12/h3-7,13H,8-11H2,1-2H3. The Morgan fingerprint density at radius 2 is 2.05 bits per heavy atom. The van der Waals surface area contributed by atoms with Crippen LogP contribution < -0.4 is 0 Å². The van der Waals surface area contributed by atoms with E-state index >= 15 is 0 Å². The van der Waals surface area contributed by atoms with E-state index in [1.807, 2.05) is 18.2 Å². The zero-order chi connectivity index (χ0) is 13.7. The third kappa shape index (κ3) is 2.20. The first-order chi connectivity index (χ1) is 8.93. The second-order valence-electron chi connectivity index (χ2n) is 5.80. The molecule has 2 heterocycles. The molecule has 3 unspecified atom stereocenters. The predicted molar refractivity (Wildman–Crippen MR) is 75.6 cm³/mol. The molecule has 104 valence electrons. The van der Waals surface area contributed by atoms with Crippen LogP contribution in [0.15, 0.2) is 30.3 Å². The van der Waals surface area contributed by atoms with Gasteiger partial charge in [0.2, 0.25) is 10.0 Å². The fraction of sp³-hybridized carbons (Fsp3) is 0.571. The lowest BCUT2D eigenvalue weighted by Gasteiger charge is -2.34. The fourth-order valence-electron chi connectivity index (χ4n) is 3.35. The van der Waals surface area contributed by atoms with Crippen LogP contribution in [-0.4, -0.2) is 56.6 Å². The molecule has 4 nitrogen and oxygen atoms in total. The lowest BCUT2D eigenvalue weighted by Crippen LogP contribution is -2.44. The van der Waals surface area contributed by atoms with Gasteiger partial charge in [0.1, 0.15) is 0 Å². The summed E-state index contributed by atoms with van der Waals surface area (Å²) in [5, 5.41) is 0. The molecule has 2 aliphatic heterocycles. The Bertz CT molecular complexity index is 572. The molecular weight excluding hydrogens is 260 g/mol. The van der Waals surface area contributed by atoms with Crippen molar-refractivity contribution < 1.29 is 8.42 Å². The molecule has 0 aromatic heterocycles. The summed E-state index contributed by atoms with van der Waals surface area (Å²) in [6.45, 7) is 2.76. The van der Waals surface area contributed by atoms with Crippen LogP contribution in [0.3, 0.4) is 0 Å². The van der Waals surface area contributed by atoms with Gasteiger partial charge < -0.3 is 0 Å². The molecule has 1 aromatic carbocycles. The van der Waals surface area contributed by atoms with Gasteiger partial charge in [-0.15, -0.1) is 0 Å². The molecule has 1 aromatic rings. The second-order valence-corrected chi connectivity index (χ2v) is 7.89. The maximum atomic E-state index is 11.7. The predicted octanol–water partition coefficient (Wildman–Crippen LogP) is 0.904. The number of hydrogen-bond acceptors (Lipinski definition) is 3. The minimum absolute atomic E-state index is 0.0287. The molecule has 0 amide bonds. The van der Waals surface area contributed by atoms with E-state index in [-0.39, 0.29) is 5.41 Å². The average Bonchev–Trinajstić information content (AvgIpc) is 3.08. The van der Waals surface area contributed by atoms with Crippen molar-refractivity contribution in [1.82, 2.24) is 9.21 Å². The molecule has 2 fully saturated rings.